The van der Waals surface area contributed by atoms with E-state index in [2.05, 4.69) is 11.8 Å². The molecule has 0 aromatic heterocycles. The quantitative estimate of drug-likeness (QED) is 0.705. The molecule has 1 heterocycles. The Morgan fingerprint density at radius 3 is 2.46 bits per heavy atom. The molecule has 0 aromatic carbocycles. The first-order valence-corrected chi connectivity index (χ1v) is 5.75. The van der Waals surface area contributed by atoms with Crippen LogP contribution in [0.5, 0.6) is 0 Å². The van der Waals surface area contributed by atoms with Gasteiger partial charge in [-0.2, -0.15) is 0 Å². The van der Waals surface area contributed by atoms with Crippen LogP contribution in [0.1, 0.15) is 45.4 Å². The summed E-state index contributed by atoms with van der Waals surface area (Å²) in [7, 11) is 0. The first kappa shape index (κ1) is 9.47. The molecule has 0 radical (unpaired) electrons. The fraction of sp³-hybridized carbons (Fsp3) is 1.00. The van der Waals surface area contributed by atoms with Crippen molar-refractivity contribution in [3.05, 3.63) is 0 Å². The summed E-state index contributed by atoms with van der Waals surface area (Å²) in [6.45, 7) is 4.53. The van der Waals surface area contributed by atoms with Crippen LogP contribution in [-0.4, -0.2) is 29.6 Å². The minimum absolute atomic E-state index is 0.399. The summed E-state index contributed by atoms with van der Waals surface area (Å²) >= 11 is 0. The minimum Gasteiger partial charge on any atom is -0.329 e. The first-order valence-electron chi connectivity index (χ1n) is 5.75. The van der Waals surface area contributed by atoms with Gasteiger partial charge in [-0.3, -0.25) is 4.90 Å². The summed E-state index contributed by atoms with van der Waals surface area (Å²) in [6, 6.07) is 0.779. The lowest BCUT2D eigenvalue weighted by Crippen LogP contribution is -2.53. The molecule has 1 saturated carbocycles. The van der Waals surface area contributed by atoms with Crippen LogP contribution < -0.4 is 5.73 Å². The van der Waals surface area contributed by atoms with Crippen molar-refractivity contribution in [2.75, 3.05) is 13.1 Å². The molecule has 1 aliphatic carbocycles. The van der Waals surface area contributed by atoms with Gasteiger partial charge in [-0.25, -0.2) is 0 Å². The predicted molar refractivity (Wildman–Crippen MR) is 55.7 cm³/mol. The fourth-order valence-electron chi connectivity index (χ4n) is 3.28. The van der Waals surface area contributed by atoms with Crippen molar-refractivity contribution in [2.24, 2.45) is 5.73 Å². The molecule has 1 atom stereocenters. The molecule has 0 amide bonds. The van der Waals surface area contributed by atoms with Crippen LogP contribution >= 0.6 is 0 Å². The Balaban J connectivity index is 2.10. The van der Waals surface area contributed by atoms with Gasteiger partial charge in [-0.15, -0.1) is 0 Å². The largest absolute Gasteiger partial charge is 0.329 e. The van der Waals surface area contributed by atoms with Crippen molar-refractivity contribution >= 4 is 0 Å². The molecule has 2 nitrogen and oxygen atoms in total. The molecule has 2 N–H and O–H groups in total. The zero-order valence-electron chi connectivity index (χ0n) is 8.76. The highest BCUT2D eigenvalue weighted by atomic mass is 15.2. The number of hydrogen-bond acceptors (Lipinski definition) is 2. The van der Waals surface area contributed by atoms with E-state index in [9.17, 15) is 0 Å². The zero-order valence-corrected chi connectivity index (χ0v) is 8.76. The molecule has 2 aliphatic rings. The molecule has 0 spiro atoms. The number of nitrogens with zero attached hydrogens (tertiary/aromatic N) is 1. The third-order valence-electron chi connectivity index (χ3n) is 4.08. The van der Waals surface area contributed by atoms with Gasteiger partial charge in [0.2, 0.25) is 0 Å². The number of hydrogen-bond donors (Lipinski definition) is 1. The molecular formula is C11H22N2. The van der Waals surface area contributed by atoms with Gasteiger partial charge >= 0.3 is 0 Å². The topological polar surface area (TPSA) is 29.3 Å². The Bertz CT molecular complexity index is 173. The second kappa shape index (κ2) is 3.58. The maximum Gasteiger partial charge on any atom is 0.0334 e. The van der Waals surface area contributed by atoms with E-state index in [0.717, 1.165) is 12.6 Å². The molecule has 13 heavy (non-hydrogen) atoms. The highest BCUT2D eigenvalue weighted by molar-refractivity contribution is 4.99. The van der Waals surface area contributed by atoms with Crippen molar-refractivity contribution in [1.82, 2.24) is 4.90 Å². The average molecular weight is 182 g/mol. The van der Waals surface area contributed by atoms with Gasteiger partial charge in [0.05, 0.1) is 0 Å². The lowest BCUT2D eigenvalue weighted by molar-refractivity contribution is 0.0926. The van der Waals surface area contributed by atoms with Crippen molar-refractivity contribution in [2.45, 2.75) is 57.0 Å². The predicted octanol–water partition coefficient (Wildman–Crippen LogP) is 1.74. The van der Waals surface area contributed by atoms with Gasteiger partial charge in [-0.1, -0.05) is 12.8 Å². The van der Waals surface area contributed by atoms with Gasteiger partial charge in [0, 0.05) is 18.1 Å². The Kier molecular flexibility index (Phi) is 2.61. The van der Waals surface area contributed by atoms with E-state index < -0.39 is 0 Å². The van der Waals surface area contributed by atoms with Crippen LogP contribution in [-0.2, 0) is 0 Å². The Hall–Kier alpha value is -0.0800. The summed E-state index contributed by atoms with van der Waals surface area (Å²) in [6.07, 6.45) is 8.22. The van der Waals surface area contributed by atoms with Crippen LogP contribution in [0, 0.1) is 0 Å². The van der Waals surface area contributed by atoms with E-state index in [1.54, 1.807) is 0 Å². The molecule has 2 heteroatoms. The summed E-state index contributed by atoms with van der Waals surface area (Å²) in [5, 5.41) is 0. The molecule has 0 bridgehead atoms. The highest BCUT2D eigenvalue weighted by Gasteiger charge is 2.41. The molecule has 2 rings (SSSR count). The van der Waals surface area contributed by atoms with Crippen molar-refractivity contribution < 1.29 is 0 Å². The Labute approximate surface area is 81.5 Å². The molecule has 1 aliphatic heterocycles. The van der Waals surface area contributed by atoms with E-state index in [1.165, 1.54) is 45.1 Å². The maximum absolute atomic E-state index is 5.97. The van der Waals surface area contributed by atoms with Crippen molar-refractivity contribution in [1.29, 1.82) is 0 Å². The van der Waals surface area contributed by atoms with Crippen LogP contribution in [0.3, 0.4) is 0 Å². The van der Waals surface area contributed by atoms with Crippen LogP contribution in [0.15, 0.2) is 0 Å². The third kappa shape index (κ3) is 1.50. The zero-order chi connectivity index (χ0) is 9.31. The molecule has 1 unspecified atom stereocenters. The number of likely N-dealkylation sites (tertiary alicyclic amines) is 1. The Morgan fingerprint density at radius 1 is 1.31 bits per heavy atom. The van der Waals surface area contributed by atoms with E-state index in [0.29, 0.717) is 5.54 Å². The van der Waals surface area contributed by atoms with Gasteiger partial charge in [0.1, 0.15) is 0 Å². The smallest absolute Gasteiger partial charge is 0.0334 e. The summed E-state index contributed by atoms with van der Waals surface area (Å²) in [4.78, 5) is 2.69. The van der Waals surface area contributed by atoms with Gasteiger partial charge < -0.3 is 5.73 Å². The van der Waals surface area contributed by atoms with E-state index >= 15 is 0 Å². The fourth-order valence-corrected chi connectivity index (χ4v) is 3.28. The molecule has 76 valence electrons. The summed E-state index contributed by atoms with van der Waals surface area (Å²) in [5.74, 6) is 0. The normalized spacial score (nSPS) is 34.2. The SMILES string of the molecule is CC1CCCN1C1(CN)CCCC1. The van der Waals surface area contributed by atoms with Crippen molar-refractivity contribution in [3.8, 4) is 0 Å². The number of rotatable bonds is 2. The summed E-state index contributed by atoms with van der Waals surface area (Å²) in [5.41, 5.74) is 6.37. The maximum atomic E-state index is 5.97. The Morgan fingerprint density at radius 2 is 2.00 bits per heavy atom. The van der Waals surface area contributed by atoms with Crippen molar-refractivity contribution in [3.63, 3.8) is 0 Å². The van der Waals surface area contributed by atoms with Gasteiger partial charge in [0.25, 0.3) is 0 Å². The van der Waals surface area contributed by atoms with E-state index in [1.807, 2.05) is 0 Å². The minimum atomic E-state index is 0.399. The number of nitrogens with two attached hydrogens (primary N) is 1. The second-order valence-electron chi connectivity index (χ2n) is 4.82. The third-order valence-corrected chi connectivity index (χ3v) is 4.08. The lowest BCUT2D eigenvalue weighted by atomic mass is 9.94. The van der Waals surface area contributed by atoms with E-state index in [4.69, 9.17) is 5.73 Å². The lowest BCUT2D eigenvalue weighted by Gasteiger charge is -2.40. The molecule has 1 saturated heterocycles. The summed E-state index contributed by atoms with van der Waals surface area (Å²) < 4.78 is 0. The molecule has 2 fully saturated rings. The van der Waals surface area contributed by atoms with Crippen LogP contribution in [0.25, 0.3) is 0 Å². The van der Waals surface area contributed by atoms with Crippen LogP contribution in [0.2, 0.25) is 0 Å². The first-order chi connectivity index (χ1) is 6.28. The average Bonchev–Trinajstić information content (AvgIpc) is 2.73. The van der Waals surface area contributed by atoms with E-state index in [-0.39, 0.29) is 0 Å². The highest BCUT2D eigenvalue weighted by Crippen LogP contribution is 2.38. The standard InChI is InChI=1S/C11H22N2/c1-10-5-4-8-13(10)11(9-12)6-2-3-7-11/h10H,2-9,12H2,1H3. The molecular weight excluding hydrogens is 160 g/mol. The van der Waals surface area contributed by atoms with Gasteiger partial charge in [-0.05, 0) is 39.2 Å². The molecule has 0 aromatic rings. The monoisotopic (exact) mass is 182 g/mol. The van der Waals surface area contributed by atoms with Crippen LogP contribution in [0.4, 0.5) is 0 Å². The second-order valence-corrected chi connectivity index (χ2v) is 4.82. The van der Waals surface area contributed by atoms with Gasteiger partial charge in [0.15, 0.2) is 0 Å².